The van der Waals surface area contributed by atoms with Crippen molar-refractivity contribution in [2.45, 2.75) is 32.4 Å². The first-order valence-electron chi connectivity index (χ1n) is 12.4. The van der Waals surface area contributed by atoms with Crippen molar-refractivity contribution in [2.24, 2.45) is 5.73 Å². The molecule has 0 saturated carbocycles. The van der Waals surface area contributed by atoms with Gasteiger partial charge in [0.15, 0.2) is 0 Å². The second-order valence-electron chi connectivity index (χ2n) is 8.84. The quantitative estimate of drug-likeness (QED) is 0.411. The molecule has 2 aromatic carbocycles. The van der Waals surface area contributed by atoms with Gasteiger partial charge in [-0.3, -0.25) is 4.90 Å². The smallest absolute Gasteiger partial charge is 0.123 e. The van der Waals surface area contributed by atoms with E-state index in [0.717, 1.165) is 57.9 Å². The van der Waals surface area contributed by atoms with E-state index in [4.69, 9.17) is 33.7 Å². The molecule has 7 heteroatoms. The fourth-order valence-electron chi connectivity index (χ4n) is 4.46. The molecular formula is C29H36Cl2FN3O. The van der Waals surface area contributed by atoms with Crippen LogP contribution in [0.25, 0.3) is 0 Å². The summed E-state index contributed by atoms with van der Waals surface area (Å²) in [6.07, 6.45) is 7.22. The number of nitrogens with two attached hydrogens (primary N) is 1. The highest BCUT2D eigenvalue weighted by molar-refractivity contribution is 6.41. The molecule has 1 saturated heterocycles. The van der Waals surface area contributed by atoms with Gasteiger partial charge in [-0.25, -0.2) is 4.39 Å². The molecule has 36 heavy (non-hydrogen) atoms. The molecule has 1 fully saturated rings. The van der Waals surface area contributed by atoms with Gasteiger partial charge in [-0.05, 0) is 72.9 Å². The largest absolute Gasteiger partial charge is 0.373 e. The van der Waals surface area contributed by atoms with Crippen LogP contribution in [0.5, 0.6) is 0 Å². The highest BCUT2D eigenvalue weighted by Gasteiger charge is 2.23. The summed E-state index contributed by atoms with van der Waals surface area (Å²) in [5, 5.41) is 1.00. The Labute approximate surface area is 224 Å². The van der Waals surface area contributed by atoms with Crippen molar-refractivity contribution >= 4 is 28.9 Å². The van der Waals surface area contributed by atoms with Gasteiger partial charge >= 0.3 is 0 Å². The lowest BCUT2D eigenvalue weighted by atomic mass is 9.93. The van der Waals surface area contributed by atoms with E-state index in [1.165, 1.54) is 34.9 Å². The molecule has 0 aliphatic carbocycles. The van der Waals surface area contributed by atoms with Crippen molar-refractivity contribution < 1.29 is 9.13 Å². The first-order chi connectivity index (χ1) is 17.4. The van der Waals surface area contributed by atoms with Crippen LogP contribution in [-0.4, -0.2) is 44.2 Å². The average Bonchev–Trinajstić information content (AvgIpc) is 2.92. The summed E-state index contributed by atoms with van der Waals surface area (Å²) in [5.41, 5.74) is 10.8. The van der Waals surface area contributed by atoms with Crippen molar-refractivity contribution in [2.75, 3.05) is 44.2 Å². The molecule has 0 spiro atoms. The lowest BCUT2D eigenvalue weighted by Gasteiger charge is -2.37. The summed E-state index contributed by atoms with van der Waals surface area (Å²) in [6.45, 7) is 11.8. The summed E-state index contributed by atoms with van der Waals surface area (Å²) in [4.78, 5) is 4.84. The zero-order chi connectivity index (χ0) is 25.9. The van der Waals surface area contributed by atoms with E-state index < -0.39 is 0 Å². The minimum atomic E-state index is -0.177. The molecule has 0 amide bonds. The summed E-state index contributed by atoms with van der Waals surface area (Å²) in [7, 11) is 0. The summed E-state index contributed by atoms with van der Waals surface area (Å²) < 4.78 is 19.2. The van der Waals surface area contributed by atoms with Crippen molar-refractivity contribution in [3.05, 3.63) is 99.8 Å². The third-order valence-corrected chi connectivity index (χ3v) is 7.26. The van der Waals surface area contributed by atoms with Gasteiger partial charge in [-0.1, -0.05) is 54.1 Å². The molecule has 2 aromatic rings. The first-order valence-corrected chi connectivity index (χ1v) is 13.2. The number of nitrogens with zero attached hydrogens (tertiary/aromatic N) is 2. The number of ether oxygens (including phenoxy) is 1. The van der Waals surface area contributed by atoms with Crippen LogP contribution >= 0.6 is 23.2 Å². The molecule has 4 nitrogen and oxygen atoms in total. The number of benzene rings is 2. The van der Waals surface area contributed by atoms with Crippen LogP contribution in [0.2, 0.25) is 0 Å². The van der Waals surface area contributed by atoms with Crippen LogP contribution in [-0.2, 0) is 17.7 Å². The van der Waals surface area contributed by atoms with Gasteiger partial charge in [0, 0.05) is 45.0 Å². The minimum Gasteiger partial charge on any atom is -0.373 e. The van der Waals surface area contributed by atoms with Gasteiger partial charge in [0.25, 0.3) is 0 Å². The Morgan fingerprint density at radius 1 is 1.11 bits per heavy atom. The Balaban J connectivity index is 0.000000345. The topological polar surface area (TPSA) is 41.7 Å². The van der Waals surface area contributed by atoms with Crippen molar-refractivity contribution in [1.29, 1.82) is 0 Å². The number of halogens is 3. The van der Waals surface area contributed by atoms with Gasteiger partial charge in [0.05, 0.1) is 22.8 Å². The van der Waals surface area contributed by atoms with Crippen molar-refractivity contribution in [3.63, 3.8) is 0 Å². The molecule has 0 aromatic heterocycles. The maximum Gasteiger partial charge on any atom is 0.123 e. The van der Waals surface area contributed by atoms with Gasteiger partial charge in [-0.2, -0.15) is 0 Å². The molecule has 2 aliphatic rings. The van der Waals surface area contributed by atoms with Crippen LogP contribution in [0.1, 0.15) is 36.1 Å². The zero-order valence-corrected chi connectivity index (χ0v) is 22.4. The first kappa shape index (κ1) is 28.4. The monoisotopic (exact) mass is 531 g/mol. The van der Waals surface area contributed by atoms with Crippen LogP contribution in [0.4, 0.5) is 10.1 Å². The second kappa shape index (κ2) is 14.6. The fourth-order valence-corrected chi connectivity index (χ4v) is 4.73. The van der Waals surface area contributed by atoms with Gasteiger partial charge in [0.1, 0.15) is 5.82 Å². The van der Waals surface area contributed by atoms with Crippen LogP contribution in [0.15, 0.2) is 77.3 Å². The lowest BCUT2D eigenvalue weighted by Crippen LogP contribution is -2.46. The predicted octanol–water partition coefficient (Wildman–Crippen LogP) is 6.55. The van der Waals surface area contributed by atoms with E-state index in [1.54, 1.807) is 6.08 Å². The number of rotatable bonds is 7. The third-order valence-electron chi connectivity index (χ3n) is 6.47. The highest BCUT2D eigenvalue weighted by atomic mass is 35.5. The molecule has 0 bridgehead atoms. The van der Waals surface area contributed by atoms with Crippen LogP contribution in [0, 0.1) is 5.82 Å². The molecule has 2 N–H and O–H groups in total. The number of hydrogen-bond donors (Lipinski definition) is 1. The molecule has 2 aliphatic heterocycles. The summed E-state index contributed by atoms with van der Waals surface area (Å²) >= 11 is 11.2. The number of fused-ring (bicyclic) bond motifs is 1. The normalized spacial score (nSPS) is 18.8. The fraction of sp³-hybridized carbons (Fsp3) is 0.379. The molecule has 1 unspecified atom stereocenters. The maximum atomic E-state index is 13.1. The molecule has 1 atom stereocenters. The predicted molar refractivity (Wildman–Crippen MR) is 150 cm³/mol. The molecule has 4 rings (SSSR count). The Morgan fingerprint density at radius 2 is 1.83 bits per heavy atom. The SMILES string of the molecule is C=C/C(Cl)=C(Cl)\C=C/C.NCc1ccc2c(c1)CCOC2CCN1CCN(c2ccc(F)cc2)CC1. The Kier molecular flexibility index (Phi) is 11.5. The summed E-state index contributed by atoms with van der Waals surface area (Å²) in [5.74, 6) is -0.177. The number of anilines is 1. The van der Waals surface area contributed by atoms with Gasteiger partial charge in [0.2, 0.25) is 0 Å². The standard InChI is InChI=1S/C22H28FN3O.C7H8Cl2/c23-19-2-4-20(5-3-19)26-12-10-25(11-13-26)9-7-22-21-6-1-17(16-24)15-18(21)8-14-27-22;1-3-5-7(9)6(8)4-2/h1-6,15,22H,7-14,16,24H2;3-5H,2H2,1H3/b;5-3-,7-6-. The van der Waals surface area contributed by atoms with Crippen LogP contribution < -0.4 is 10.6 Å². The van der Waals surface area contributed by atoms with Crippen LogP contribution in [0.3, 0.4) is 0 Å². The van der Waals surface area contributed by atoms with E-state index >= 15 is 0 Å². The highest BCUT2D eigenvalue weighted by Crippen LogP contribution is 2.31. The second-order valence-corrected chi connectivity index (χ2v) is 9.65. The van der Waals surface area contributed by atoms with E-state index in [9.17, 15) is 4.39 Å². The Hall–Kier alpha value is -2.15. The number of hydrogen-bond acceptors (Lipinski definition) is 4. The Morgan fingerprint density at radius 3 is 2.47 bits per heavy atom. The lowest BCUT2D eigenvalue weighted by molar-refractivity contribution is 0.0289. The molecular weight excluding hydrogens is 496 g/mol. The molecule has 0 radical (unpaired) electrons. The summed E-state index contributed by atoms with van der Waals surface area (Å²) in [6, 6.07) is 13.4. The molecule has 194 valence electrons. The number of piperazine rings is 1. The van der Waals surface area contributed by atoms with E-state index in [2.05, 4.69) is 34.6 Å². The van der Waals surface area contributed by atoms with Crippen molar-refractivity contribution in [3.8, 4) is 0 Å². The number of allylic oxidation sites excluding steroid dienone is 5. The molecule has 2 heterocycles. The third kappa shape index (κ3) is 8.19. The van der Waals surface area contributed by atoms with Gasteiger partial charge in [-0.15, -0.1) is 0 Å². The average molecular weight is 533 g/mol. The zero-order valence-electron chi connectivity index (χ0n) is 20.9. The maximum absolute atomic E-state index is 13.1. The van der Waals surface area contributed by atoms with E-state index in [1.807, 2.05) is 25.1 Å². The minimum absolute atomic E-state index is 0.177. The Bertz CT molecular complexity index is 1050. The van der Waals surface area contributed by atoms with Crippen molar-refractivity contribution in [1.82, 2.24) is 4.90 Å². The van der Waals surface area contributed by atoms with Gasteiger partial charge < -0.3 is 15.4 Å². The van der Waals surface area contributed by atoms with E-state index in [-0.39, 0.29) is 11.9 Å². The van der Waals surface area contributed by atoms with E-state index in [0.29, 0.717) is 16.6 Å².